The van der Waals surface area contributed by atoms with Crippen molar-refractivity contribution in [2.24, 2.45) is 5.92 Å². The maximum absolute atomic E-state index is 10.5. The van der Waals surface area contributed by atoms with Crippen LogP contribution < -0.4 is 0 Å². The second-order valence-corrected chi connectivity index (χ2v) is 6.65. The van der Waals surface area contributed by atoms with Gasteiger partial charge < -0.3 is 9.84 Å². The molecule has 3 nitrogen and oxygen atoms in total. The largest absolute Gasteiger partial charge is 0.386 e. The van der Waals surface area contributed by atoms with Crippen molar-refractivity contribution in [1.82, 2.24) is 4.98 Å². The van der Waals surface area contributed by atoms with Crippen molar-refractivity contribution in [2.45, 2.75) is 57.2 Å². The Labute approximate surface area is 112 Å². The Hall–Kier alpha value is -0.450. The molecule has 1 N–H and O–H groups in total. The van der Waals surface area contributed by atoms with E-state index >= 15 is 0 Å². The number of aliphatic hydroxyl groups is 1. The molecule has 0 bridgehead atoms. The number of thiazole rings is 1. The van der Waals surface area contributed by atoms with Crippen molar-refractivity contribution in [2.75, 3.05) is 6.61 Å². The molecule has 2 heterocycles. The highest BCUT2D eigenvalue weighted by molar-refractivity contribution is 7.09. The molecule has 0 radical (unpaired) electrons. The molecule has 1 spiro atoms. The summed E-state index contributed by atoms with van der Waals surface area (Å²) in [7, 11) is 0. The van der Waals surface area contributed by atoms with Gasteiger partial charge in [-0.3, -0.25) is 0 Å². The molecule has 1 saturated carbocycles. The van der Waals surface area contributed by atoms with Crippen LogP contribution in [0.5, 0.6) is 0 Å². The van der Waals surface area contributed by atoms with Gasteiger partial charge in [-0.1, -0.05) is 12.8 Å². The van der Waals surface area contributed by atoms with Crippen LogP contribution in [0, 0.1) is 12.8 Å². The fourth-order valence-corrected chi connectivity index (χ4v) is 4.29. The molecule has 0 aromatic carbocycles. The maximum atomic E-state index is 10.5. The number of ether oxygens (including phenoxy) is 1. The number of hydrogen-bond acceptors (Lipinski definition) is 4. The number of rotatable bonds is 2. The molecular formula is C14H21NO2S. The average molecular weight is 267 g/mol. The molecule has 1 aliphatic carbocycles. The van der Waals surface area contributed by atoms with Gasteiger partial charge in [-0.2, -0.15) is 0 Å². The highest BCUT2D eigenvalue weighted by Gasteiger charge is 2.42. The highest BCUT2D eigenvalue weighted by atomic mass is 32.1. The first-order valence-electron chi connectivity index (χ1n) is 6.93. The zero-order valence-corrected chi connectivity index (χ0v) is 11.7. The normalized spacial score (nSPS) is 28.7. The van der Waals surface area contributed by atoms with E-state index in [4.69, 9.17) is 4.74 Å². The van der Waals surface area contributed by atoms with Gasteiger partial charge in [0.1, 0.15) is 11.1 Å². The first-order valence-corrected chi connectivity index (χ1v) is 7.81. The lowest BCUT2D eigenvalue weighted by molar-refractivity contribution is -0.113. The van der Waals surface area contributed by atoms with E-state index in [0.717, 1.165) is 30.2 Å². The molecule has 3 rings (SSSR count). The van der Waals surface area contributed by atoms with Crippen LogP contribution in [0.25, 0.3) is 0 Å². The fraction of sp³-hybridized carbons (Fsp3) is 0.786. The maximum Gasteiger partial charge on any atom is 0.122 e. The predicted molar refractivity (Wildman–Crippen MR) is 71.7 cm³/mol. The van der Waals surface area contributed by atoms with Gasteiger partial charge in [-0.25, -0.2) is 4.98 Å². The van der Waals surface area contributed by atoms with E-state index in [9.17, 15) is 5.11 Å². The molecule has 2 unspecified atom stereocenters. The summed E-state index contributed by atoms with van der Waals surface area (Å²) in [4.78, 5) is 4.43. The summed E-state index contributed by atoms with van der Waals surface area (Å²) >= 11 is 1.58. The monoisotopic (exact) mass is 267 g/mol. The second-order valence-electron chi connectivity index (χ2n) is 5.76. The van der Waals surface area contributed by atoms with Crippen LogP contribution in [0.4, 0.5) is 0 Å². The Morgan fingerprint density at radius 1 is 1.50 bits per heavy atom. The summed E-state index contributed by atoms with van der Waals surface area (Å²) in [6, 6.07) is 0. The minimum Gasteiger partial charge on any atom is -0.386 e. The van der Waals surface area contributed by atoms with Crippen molar-refractivity contribution in [3.63, 3.8) is 0 Å². The van der Waals surface area contributed by atoms with Crippen LogP contribution in [0.15, 0.2) is 5.38 Å². The molecule has 18 heavy (non-hydrogen) atoms. The molecule has 1 aliphatic heterocycles. The van der Waals surface area contributed by atoms with Gasteiger partial charge in [0.2, 0.25) is 0 Å². The first-order chi connectivity index (χ1) is 8.69. The lowest BCUT2D eigenvalue weighted by atomic mass is 9.82. The fourth-order valence-electron chi connectivity index (χ4n) is 3.41. The van der Waals surface area contributed by atoms with Crippen LogP contribution in [0.1, 0.15) is 55.3 Å². The van der Waals surface area contributed by atoms with E-state index in [1.807, 2.05) is 12.3 Å². The smallest absolute Gasteiger partial charge is 0.122 e. The van der Waals surface area contributed by atoms with E-state index in [1.165, 1.54) is 25.7 Å². The third-order valence-electron chi connectivity index (χ3n) is 4.38. The van der Waals surface area contributed by atoms with E-state index in [2.05, 4.69) is 4.98 Å². The zero-order valence-electron chi connectivity index (χ0n) is 10.9. The van der Waals surface area contributed by atoms with Gasteiger partial charge in [0, 0.05) is 17.7 Å². The van der Waals surface area contributed by atoms with Crippen LogP contribution in [0.3, 0.4) is 0 Å². The third kappa shape index (κ3) is 2.33. The summed E-state index contributed by atoms with van der Waals surface area (Å²) in [6.45, 7) is 2.78. The quantitative estimate of drug-likeness (QED) is 0.894. The Kier molecular flexibility index (Phi) is 3.43. The predicted octanol–water partition coefficient (Wildman–Crippen LogP) is 3.22. The van der Waals surface area contributed by atoms with Gasteiger partial charge in [0.15, 0.2) is 0 Å². The van der Waals surface area contributed by atoms with Gasteiger partial charge in [0.25, 0.3) is 0 Å². The summed E-state index contributed by atoms with van der Waals surface area (Å²) in [5.41, 5.74) is 1.09. The number of nitrogens with zero attached hydrogens (tertiary/aromatic N) is 1. The number of aryl methyl sites for hydroxylation is 1. The second kappa shape index (κ2) is 4.91. The van der Waals surface area contributed by atoms with Crippen molar-refractivity contribution < 1.29 is 9.84 Å². The standard InChI is InChI=1S/C14H21NO2S/c1-10-9-18-13(15-10)12(16)11-4-7-17-14(8-11)5-2-3-6-14/h9,11-12,16H,2-8H2,1H3. The molecule has 2 atom stereocenters. The molecule has 1 aromatic rings. The van der Waals surface area contributed by atoms with E-state index in [1.54, 1.807) is 11.3 Å². The van der Waals surface area contributed by atoms with Gasteiger partial charge in [-0.15, -0.1) is 11.3 Å². The molecular weight excluding hydrogens is 246 g/mol. The highest BCUT2D eigenvalue weighted by Crippen LogP contribution is 2.45. The Bertz CT molecular complexity index is 412. The van der Waals surface area contributed by atoms with E-state index in [-0.39, 0.29) is 5.60 Å². The van der Waals surface area contributed by atoms with Crippen LogP contribution in [0.2, 0.25) is 0 Å². The van der Waals surface area contributed by atoms with Gasteiger partial charge in [0.05, 0.1) is 5.60 Å². The SMILES string of the molecule is Cc1csc(C(O)C2CCOC3(CCCC3)C2)n1. The summed E-state index contributed by atoms with van der Waals surface area (Å²) in [5, 5.41) is 13.4. The van der Waals surface area contributed by atoms with E-state index in [0.29, 0.717) is 5.92 Å². The third-order valence-corrected chi connectivity index (χ3v) is 5.42. The van der Waals surface area contributed by atoms with Crippen LogP contribution >= 0.6 is 11.3 Å². The van der Waals surface area contributed by atoms with Gasteiger partial charge >= 0.3 is 0 Å². The topological polar surface area (TPSA) is 42.4 Å². The lowest BCUT2D eigenvalue weighted by Crippen LogP contribution is -2.39. The minimum atomic E-state index is -0.398. The van der Waals surface area contributed by atoms with Crippen molar-refractivity contribution in [1.29, 1.82) is 0 Å². The van der Waals surface area contributed by atoms with Crippen molar-refractivity contribution in [3.05, 3.63) is 16.1 Å². The minimum absolute atomic E-state index is 0.0796. The Balaban J connectivity index is 1.72. The molecule has 2 aliphatic rings. The molecule has 1 aromatic heterocycles. The summed E-state index contributed by atoms with van der Waals surface area (Å²) in [6.07, 6.45) is 6.47. The van der Waals surface area contributed by atoms with Gasteiger partial charge in [-0.05, 0) is 38.5 Å². The molecule has 2 fully saturated rings. The van der Waals surface area contributed by atoms with Crippen LogP contribution in [-0.4, -0.2) is 22.3 Å². The first kappa shape index (κ1) is 12.6. The van der Waals surface area contributed by atoms with Crippen molar-refractivity contribution >= 4 is 11.3 Å². The molecule has 0 amide bonds. The Morgan fingerprint density at radius 3 is 2.94 bits per heavy atom. The van der Waals surface area contributed by atoms with Crippen LogP contribution in [-0.2, 0) is 4.74 Å². The van der Waals surface area contributed by atoms with E-state index < -0.39 is 6.10 Å². The summed E-state index contributed by atoms with van der Waals surface area (Å²) in [5.74, 6) is 0.322. The average Bonchev–Trinajstić information content (AvgIpc) is 2.98. The number of aromatic nitrogens is 1. The molecule has 4 heteroatoms. The number of hydrogen-bond donors (Lipinski definition) is 1. The molecule has 100 valence electrons. The number of aliphatic hydroxyl groups excluding tert-OH is 1. The lowest BCUT2D eigenvalue weighted by Gasteiger charge is -2.39. The molecule has 1 saturated heterocycles. The van der Waals surface area contributed by atoms with Crippen molar-refractivity contribution in [3.8, 4) is 0 Å². The zero-order chi connectivity index (χ0) is 12.6. The Morgan fingerprint density at radius 2 is 2.28 bits per heavy atom. The summed E-state index contributed by atoms with van der Waals surface area (Å²) < 4.78 is 6.02.